The van der Waals surface area contributed by atoms with Gasteiger partial charge in [0.1, 0.15) is 10.4 Å². The molecule has 2 atom stereocenters. The van der Waals surface area contributed by atoms with E-state index in [4.69, 9.17) is 46.4 Å². The van der Waals surface area contributed by atoms with Gasteiger partial charge in [0, 0.05) is 35.0 Å². The van der Waals surface area contributed by atoms with Crippen molar-refractivity contribution in [1.82, 2.24) is 19.9 Å². The fourth-order valence-corrected chi connectivity index (χ4v) is 7.78. The lowest BCUT2D eigenvalue weighted by Gasteiger charge is -2.27. The summed E-state index contributed by atoms with van der Waals surface area (Å²) in [6.45, 7) is 1.95. The number of hydrogen-bond donors (Lipinski definition) is 0. The minimum absolute atomic E-state index is 0.292. The summed E-state index contributed by atoms with van der Waals surface area (Å²) >= 11 is 28.3. The first kappa shape index (κ1) is 31.4. The first-order chi connectivity index (χ1) is 21.9. The van der Waals surface area contributed by atoms with Gasteiger partial charge in [-0.1, -0.05) is 70.7 Å². The van der Waals surface area contributed by atoms with Gasteiger partial charge in [-0.15, -0.1) is 0 Å². The highest BCUT2D eigenvalue weighted by molar-refractivity contribution is 9.10. The van der Waals surface area contributed by atoms with E-state index in [0.717, 1.165) is 89.3 Å². The van der Waals surface area contributed by atoms with Gasteiger partial charge < -0.3 is 9.80 Å². The zero-order valence-corrected chi connectivity index (χ0v) is 29.3. The van der Waals surface area contributed by atoms with E-state index in [1.807, 2.05) is 30.5 Å². The number of nitrogens with zero attached hydrogens (tertiary/aromatic N) is 6. The van der Waals surface area contributed by atoms with Crippen LogP contribution in [0.4, 0.5) is 11.6 Å². The Morgan fingerprint density at radius 2 is 1.11 bits per heavy atom. The molecule has 234 valence electrons. The normalized spacial score (nSPS) is 21.2. The molecule has 6 nitrogen and oxygen atoms in total. The molecule has 2 aromatic heterocycles. The largest absolute Gasteiger partial charge is 0.348 e. The van der Waals surface area contributed by atoms with Gasteiger partial charge in [-0.3, -0.25) is 4.98 Å². The lowest BCUT2D eigenvalue weighted by atomic mass is 10.0. The third-order valence-corrected chi connectivity index (χ3v) is 10.7. The van der Waals surface area contributed by atoms with Gasteiger partial charge in [0.15, 0.2) is 16.1 Å². The maximum atomic E-state index is 6.39. The maximum absolute atomic E-state index is 6.39. The highest BCUT2D eigenvalue weighted by Crippen LogP contribution is 2.45. The summed E-state index contributed by atoms with van der Waals surface area (Å²) in [4.78, 5) is 23.1. The average molecular weight is 747 g/mol. The van der Waals surface area contributed by atoms with Crippen molar-refractivity contribution in [3.63, 3.8) is 0 Å². The molecular weight excluding hydrogens is 714 g/mol. The molecule has 0 spiro atoms. The highest BCUT2D eigenvalue weighted by atomic mass is 79.9. The Bertz CT molecular complexity index is 1660. The van der Waals surface area contributed by atoms with Crippen molar-refractivity contribution < 1.29 is 0 Å². The predicted octanol–water partition coefficient (Wildman–Crippen LogP) is 10.8. The molecule has 2 aliphatic carbocycles. The summed E-state index contributed by atoms with van der Waals surface area (Å²) in [7, 11) is 0. The minimum atomic E-state index is 0.292. The van der Waals surface area contributed by atoms with E-state index in [1.54, 1.807) is 0 Å². The van der Waals surface area contributed by atoms with Crippen LogP contribution >= 0.6 is 62.3 Å². The van der Waals surface area contributed by atoms with Crippen LogP contribution in [0.3, 0.4) is 0 Å². The Hall–Kier alpha value is -2.16. The zero-order valence-electron chi connectivity index (χ0n) is 24.6. The summed E-state index contributed by atoms with van der Waals surface area (Å²) in [5.74, 6) is 2.74. The first-order valence-electron chi connectivity index (χ1n) is 15.7. The second-order valence-electron chi connectivity index (χ2n) is 12.3. The molecule has 0 radical (unpaired) electrons. The number of rotatable bonds is 6. The van der Waals surface area contributed by atoms with Crippen LogP contribution in [0.2, 0.25) is 20.4 Å². The predicted molar refractivity (Wildman–Crippen MR) is 187 cm³/mol. The van der Waals surface area contributed by atoms with Crippen LogP contribution in [-0.4, -0.2) is 33.0 Å². The van der Waals surface area contributed by atoms with Gasteiger partial charge in [-0.05, 0) is 103 Å². The summed E-state index contributed by atoms with van der Waals surface area (Å²) in [5.41, 5.74) is 4.42. The van der Waals surface area contributed by atoms with Crippen LogP contribution in [0.15, 0.2) is 59.3 Å². The second kappa shape index (κ2) is 13.5. The summed E-state index contributed by atoms with van der Waals surface area (Å²) in [5, 5.41) is 2.65. The Kier molecular flexibility index (Phi) is 9.45. The average Bonchev–Trinajstić information content (AvgIpc) is 3.97. The number of benzene rings is 2. The van der Waals surface area contributed by atoms with Crippen molar-refractivity contribution in [2.75, 3.05) is 22.9 Å². The van der Waals surface area contributed by atoms with Gasteiger partial charge >= 0.3 is 0 Å². The molecule has 2 aliphatic heterocycles. The third kappa shape index (κ3) is 7.08. The lowest BCUT2D eigenvalue weighted by Crippen LogP contribution is -2.24. The standard InChI is InChI=1S/C17H16BrCl2N3.C17H17Cl2N3/c18-15-17(22-16(20)14(21-15)11-3-4-11)23-9-1-2-13(23)10-5-7-12(19)8-6-10;18-13-7-5-11(6-8-13)14-2-1-9-22(14)15-10-20-16(12-3-4-12)17(19)21-15/h5-8,11,13H,1-4,9H2;5-8,10,12,14H,1-4,9H2. The molecule has 2 aromatic carbocycles. The van der Waals surface area contributed by atoms with Crippen molar-refractivity contribution in [1.29, 1.82) is 0 Å². The molecule has 4 aliphatic rings. The van der Waals surface area contributed by atoms with E-state index >= 15 is 0 Å². The molecule has 4 aromatic rings. The fraction of sp³-hybridized carbons (Fsp3) is 0.412. The van der Waals surface area contributed by atoms with Crippen LogP contribution in [0.1, 0.15) is 97.8 Å². The van der Waals surface area contributed by atoms with Crippen LogP contribution in [0.25, 0.3) is 0 Å². The fourth-order valence-electron chi connectivity index (χ4n) is 6.46. The molecule has 2 saturated carbocycles. The maximum Gasteiger partial charge on any atom is 0.164 e. The summed E-state index contributed by atoms with van der Waals surface area (Å²) < 4.78 is 0.796. The summed E-state index contributed by atoms with van der Waals surface area (Å²) in [6.07, 6.45) is 11.1. The Morgan fingerprint density at radius 1 is 0.600 bits per heavy atom. The van der Waals surface area contributed by atoms with Gasteiger partial charge in [0.25, 0.3) is 0 Å². The highest BCUT2D eigenvalue weighted by Gasteiger charge is 2.34. The molecule has 0 N–H and O–H groups in total. The molecule has 2 unspecified atom stereocenters. The number of halogens is 5. The van der Waals surface area contributed by atoms with E-state index in [-0.39, 0.29) is 0 Å². The van der Waals surface area contributed by atoms with E-state index in [2.05, 4.69) is 69.9 Å². The molecule has 0 amide bonds. The molecule has 11 heteroatoms. The van der Waals surface area contributed by atoms with E-state index in [9.17, 15) is 0 Å². The molecule has 4 heterocycles. The van der Waals surface area contributed by atoms with Crippen molar-refractivity contribution in [2.45, 2.75) is 75.3 Å². The Labute approximate surface area is 292 Å². The van der Waals surface area contributed by atoms with Crippen LogP contribution in [-0.2, 0) is 0 Å². The van der Waals surface area contributed by atoms with Gasteiger partial charge in [0.2, 0.25) is 0 Å². The quantitative estimate of drug-likeness (QED) is 0.196. The SMILES string of the molecule is Clc1ccc(C2CCCN2c2cnc(C3CC3)c(Cl)n2)cc1.Clc1ccc(C2CCCN2c2nc(Cl)c(C3CC3)nc2Br)cc1. The minimum Gasteiger partial charge on any atom is -0.348 e. The van der Waals surface area contributed by atoms with Crippen LogP contribution in [0, 0.1) is 0 Å². The van der Waals surface area contributed by atoms with Gasteiger partial charge in [0.05, 0.1) is 29.7 Å². The molecule has 2 saturated heterocycles. The number of anilines is 2. The molecule has 4 fully saturated rings. The van der Waals surface area contributed by atoms with Crippen molar-refractivity contribution in [3.05, 3.63) is 102 Å². The monoisotopic (exact) mass is 744 g/mol. The molecule has 45 heavy (non-hydrogen) atoms. The molecular formula is C34H33BrCl4N6. The van der Waals surface area contributed by atoms with E-state index in [0.29, 0.717) is 34.2 Å². The lowest BCUT2D eigenvalue weighted by molar-refractivity contribution is 0.706. The number of hydrogen-bond acceptors (Lipinski definition) is 6. The Balaban J connectivity index is 0.000000145. The molecule has 0 bridgehead atoms. The smallest absolute Gasteiger partial charge is 0.164 e. The second-order valence-corrected chi connectivity index (χ2v) is 14.6. The summed E-state index contributed by atoms with van der Waals surface area (Å²) in [6, 6.07) is 16.8. The van der Waals surface area contributed by atoms with Crippen LogP contribution in [0.5, 0.6) is 0 Å². The van der Waals surface area contributed by atoms with Crippen molar-refractivity contribution in [2.24, 2.45) is 0 Å². The third-order valence-electron chi connectivity index (χ3n) is 9.07. The van der Waals surface area contributed by atoms with E-state index < -0.39 is 0 Å². The molecule has 8 rings (SSSR count). The first-order valence-corrected chi connectivity index (χ1v) is 18.0. The zero-order chi connectivity index (χ0) is 31.1. The van der Waals surface area contributed by atoms with Crippen molar-refractivity contribution in [3.8, 4) is 0 Å². The van der Waals surface area contributed by atoms with Gasteiger partial charge in [-0.25, -0.2) is 15.0 Å². The topological polar surface area (TPSA) is 58.0 Å². The van der Waals surface area contributed by atoms with Gasteiger partial charge in [-0.2, -0.15) is 0 Å². The number of aromatic nitrogens is 4. The van der Waals surface area contributed by atoms with Crippen LogP contribution < -0.4 is 9.80 Å². The van der Waals surface area contributed by atoms with E-state index in [1.165, 1.54) is 24.0 Å². The van der Waals surface area contributed by atoms with Crippen molar-refractivity contribution >= 4 is 74.0 Å². The Morgan fingerprint density at radius 3 is 1.67 bits per heavy atom.